The molecule has 1 aromatic heterocycles. The largest absolute Gasteiger partial charge is 0.368 e. The number of rotatable bonds is 6. The monoisotopic (exact) mass is 324 g/mol. The van der Waals surface area contributed by atoms with Crippen LogP contribution in [0.3, 0.4) is 0 Å². The van der Waals surface area contributed by atoms with Crippen LogP contribution in [0.15, 0.2) is 36.5 Å². The number of hydrogen-bond acceptors (Lipinski definition) is 4. The zero-order valence-electron chi connectivity index (χ0n) is 14.3. The van der Waals surface area contributed by atoms with Gasteiger partial charge in [-0.3, -0.25) is 9.78 Å². The van der Waals surface area contributed by atoms with E-state index in [1.165, 1.54) is 5.56 Å². The van der Waals surface area contributed by atoms with Crippen molar-refractivity contribution in [3.05, 3.63) is 53.5 Å². The van der Waals surface area contributed by atoms with Crippen molar-refractivity contribution in [3.63, 3.8) is 0 Å². The van der Waals surface area contributed by atoms with Crippen LogP contribution in [0.1, 0.15) is 23.4 Å². The Morgan fingerprint density at radius 1 is 1.25 bits per heavy atom. The molecular formula is C19H24N4O. The van der Waals surface area contributed by atoms with Crippen molar-refractivity contribution in [1.82, 2.24) is 14.9 Å². The summed E-state index contributed by atoms with van der Waals surface area (Å²) >= 11 is 0. The molecular weight excluding hydrogens is 300 g/mol. The lowest BCUT2D eigenvalue weighted by atomic mass is 10.1. The topological polar surface area (TPSA) is 58.1 Å². The summed E-state index contributed by atoms with van der Waals surface area (Å²) < 4.78 is 0. The lowest BCUT2D eigenvalue weighted by Crippen LogP contribution is -2.28. The fraction of sp³-hybridized carbons (Fsp3) is 0.421. The number of nitrogens with one attached hydrogen (secondary N) is 1. The first-order chi connectivity index (χ1) is 11.6. The van der Waals surface area contributed by atoms with Crippen molar-refractivity contribution in [2.24, 2.45) is 5.92 Å². The maximum Gasteiger partial charge on any atom is 0.223 e. The molecule has 5 nitrogen and oxygen atoms in total. The van der Waals surface area contributed by atoms with E-state index in [-0.39, 0.29) is 5.91 Å². The molecule has 3 rings (SSSR count). The molecule has 126 valence electrons. The lowest BCUT2D eigenvalue weighted by molar-refractivity contribution is -0.127. The van der Waals surface area contributed by atoms with Gasteiger partial charge in [-0.25, -0.2) is 4.98 Å². The molecule has 24 heavy (non-hydrogen) atoms. The first kappa shape index (κ1) is 16.4. The van der Waals surface area contributed by atoms with Gasteiger partial charge in [0, 0.05) is 38.2 Å². The highest BCUT2D eigenvalue weighted by molar-refractivity contribution is 5.78. The summed E-state index contributed by atoms with van der Waals surface area (Å²) in [6.45, 7) is 6.24. The van der Waals surface area contributed by atoms with Crippen LogP contribution in [0.4, 0.5) is 5.82 Å². The van der Waals surface area contributed by atoms with Gasteiger partial charge < -0.3 is 10.2 Å². The van der Waals surface area contributed by atoms with Gasteiger partial charge in [0.25, 0.3) is 0 Å². The number of likely N-dealkylation sites (tertiary alicyclic amines) is 1. The van der Waals surface area contributed by atoms with E-state index in [1.807, 2.05) is 36.9 Å². The molecule has 1 fully saturated rings. The number of carbonyl (C=O) groups is 1. The maximum atomic E-state index is 12.2. The normalized spacial score (nSPS) is 17.3. The van der Waals surface area contributed by atoms with Crippen LogP contribution in [0.2, 0.25) is 0 Å². The summed E-state index contributed by atoms with van der Waals surface area (Å²) in [4.78, 5) is 23.0. The predicted octanol–water partition coefficient (Wildman–Crippen LogP) is 2.60. The average Bonchev–Trinajstić information content (AvgIpc) is 2.95. The summed E-state index contributed by atoms with van der Waals surface area (Å²) in [6, 6.07) is 10.3. The quantitative estimate of drug-likeness (QED) is 0.887. The van der Waals surface area contributed by atoms with Gasteiger partial charge in [0.1, 0.15) is 5.82 Å². The molecule has 1 atom stereocenters. The maximum absolute atomic E-state index is 12.2. The van der Waals surface area contributed by atoms with E-state index in [0.29, 0.717) is 12.3 Å². The molecule has 2 heterocycles. The lowest BCUT2D eigenvalue weighted by Gasteiger charge is -2.17. The van der Waals surface area contributed by atoms with Gasteiger partial charge in [-0.1, -0.05) is 30.3 Å². The van der Waals surface area contributed by atoms with E-state index in [0.717, 1.165) is 43.3 Å². The van der Waals surface area contributed by atoms with E-state index in [1.54, 1.807) is 6.20 Å². The molecule has 1 amide bonds. The Bertz CT molecular complexity index is 702. The second-order valence-electron chi connectivity index (χ2n) is 6.47. The van der Waals surface area contributed by atoms with Crippen LogP contribution < -0.4 is 5.32 Å². The average molecular weight is 324 g/mol. The van der Waals surface area contributed by atoms with Crippen molar-refractivity contribution in [2.45, 2.75) is 26.7 Å². The van der Waals surface area contributed by atoms with Gasteiger partial charge in [0.05, 0.1) is 11.4 Å². The van der Waals surface area contributed by atoms with Gasteiger partial charge >= 0.3 is 0 Å². The second-order valence-corrected chi connectivity index (χ2v) is 6.47. The number of aryl methyl sites for hydroxylation is 2. The molecule has 0 saturated carbocycles. The molecule has 0 unspecified atom stereocenters. The zero-order valence-corrected chi connectivity index (χ0v) is 14.3. The molecule has 1 N–H and O–H groups in total. The van der Waals surface area contributed by atoms with Crippen LogP contribution in [0.5, 0.6) is 0 Å². The Morgan fingerprint density at radius 2 is 2.04 bits per heavy atom. The van der Waals surface area contributed by atoms with E-state index < -0.39 is 0 Å². The molecule has 0 radical (unpaired) electrons. The minimum atomic E-state index is 0.254. The SMILES string of the molecule is Cc1cnc(C)c(NC[C@H]2CC(=O)N(CCc3ccccc3)C2)n1. The predicted molar refractivity (Wildman–Crippen MR) is 94.8 cm³/mol. The number of nitrogens with zero attached hydrogens (tertiary/aromatic N) is 3. The number of anilines is 1. The number of aromatic nitrogens is 2. The molecule has 1 aromatic carbocycles. The van der Waals surface area contributed by atoms with E-state index >= 15 is 0 Å². The number of hydrogen-bond donors (Lipinski definition) is 1. The van der Waals surface area contributed by atoms with Crippen molar-refractivity contribution in [3.8, 4) is 0 Å². The summed E-state index contributed by atoms with van der Waals surface area (Å²) in [7, 11) is 0. The number of benzene rings is 1. The number of carbonyl (C=O) groups excluding carboxylic acids is 1. The first-order valence-electron chi connectivity index (χ1n) is 8.47. The molecule has 0 bridgehead atoms. The summed E-state index contributed by atoms with van der Waals surface area (Å²) in [6.07, 6.45) is 3.29. The van der Waals surface area contributed by atoms with Gasteiger partial charge in [0.15, 0.2) is 0 Å². The third-order valence-corrected chi connectivity index (χ3v) is 4.44. The van der Waals surface area contributed by atoms with Crippen LogP contribution in [-0.2, 0) is 11.2 Å². The molecule has 1 aliphatic rings. The van der Waals surface area contributed by atoms with Crippen LogP contribution in [0, 0.1) is 19.8 Å². The smallest absolute Gasteiger partial charge is 0.223 e. The van der Waals surface area contributed by atoms with Crippen molar-refractivity contribution in [1.29, 1.82) is 0 Å². The third kappa shape index (κ3) is 4.10. The molecule has 1 aliphatic heterocycles. The molecule has 1 saturated heterocycles. The van der Waals surface area contributed by atoms with E-state index in [4.69, 9.17) is 0 Å². The van der Waals surface area contributed by atoms with Crippen LogP contribution in [0.25, 0.3) is 0 Å². The summed E-state index contributed by atoms with van der Waals surface area (Å²) in [5, 5.41) is 3.36. The third-order valence-electron chi connectivity index (χ3n) is 4.44. The summed E-state index contributed by atoms with van der Waals surface area (Å²) in [5.41, 5.74) is 3.07. The van der Waals surface area contributed by atoms with Crippen LogP contribution >= 0.6 is 0 Å². The van der Waals surface area contributed by atoms with Crippen molar-refractivity contribution < 1.29 is 4.79 Å². The second kappa shape index (κ2) is 7.43. The van der Waals surface area contributed by atoms with Crippen molar-refractivity contribution in [2.75, 3.05) is 25.0 Å². The van der Waals surface area contributed by atoms with Gasteiger partial charge in [0.2, 0.25) is 5.91 Å². The molecule has 0 spiro atoms. The molecule has 0 aliphatic carbocycles. The van der Waals surface area contributed by atoms with Gasteiger partial charge in [-0.05, 0) is 25.8 Å². The fourth-order valence-corrected chi connectivity index (χ4v) is 3.06. The summed E-state index contributed by atoms with van der Waals surface area (Å²) in [5.74, 6) is 1.41. The Labute approximate surface area is 143 Å². The highest BCUT2D eigenvalue weighted by Gasteiger charge is 2.29. The Kier molecular flexibility index (Phi) is 5.08. The molecule has 2 aromatic rings. The van der Waals surface area contributed by atoms with Gasteiger partial charge in [-0.2, -0.15) is 0 Å². The Morgan fingerprint density at radius 3 is 2.83 bits per heavy atom. The van der Waals surface area contributed by atoms with Crippen LogP contribution in [-0.4, -0.2) is 40.4 Å². The molecule has 5 heteroatoms. The van der Waals surface area contributed by atoms with Crippen molar-refractivity contribution >= 4 is 11.7 Å². The Balaban J connectivity index is 1.50. The standard InChI is InChI=1S/C19H24N4O/c1-14-11-20-15(2)19(22-14)21-12-17-10-18(24)23(13-17)9-8-16-6-4-3-5-7-16/h3-7,11,17H,8-10,12-13H2,1-2H3,(H,21,22)/t17-/m1/s1. The zero-order chi connectivity index (χ0) is 16.9. The minimum absolute atomic E-state index is 0.254. The highest BCUT2D eigenvalue weighted by Crippen LogP contribution is 2.19. The fourth-order valence-electron chi connectivity index (χ4n) is 3.06. The minimum Gasteiger partial charge on any atom is -0.368 e. The van der Waals surface area contributed by atoms with E-state index in [9.17, 15) is 4.79 Å². The number of amides is 1. The first-order valence-corrected chi connectivity index (χ1v) is 8.47. The van der Waals surface area contributed by atoms with Gasteiger partial charge in [-0.15, -0.1) is 0 Å². The van der Waals surface area contributed by atoms with E-state index in [2.05, 4.69) is 27.4 Å². The Hall–Kier alpha value is -2.43. The highest BCUT2D eigenvalue weighted by atomic mass is 16.2.